The zero-order valence-electron chi connectivity index (χ0n) is 13.9. The molecule has 0 radical (unpaired) electrons. The molecule has 124 valence electrons. The molecule has 1 aromatic heterocycles. The van der Waals surface area contributed by atoms with E-state index in [4.69, 9.17) is 16.0 Å². The molecule has 0 aliphatic rings. The van der Waals surface area contributed by atoms with Gasteiger partial charge in [-0.3, -0.25) is 0 Å². The molecule has 5 aromatic rings. The quantitative estimate of drug-likeness (QED) is 0.318. The van der Waals surface area contributed by atoms with Crippen LogP contribution in [0.5, 0.6) is 0 Å². The van der Waals surface area contributed by atoms with Gasteiger partial charge < -0.3 is 4.42 Å². The first-order chi connectivity index (χ1) is 12.8. The van der Waals surface area contributed by atoms with Crippen molar-refractivity contribution in [1.82, 2.24) is 0 Å². The molecule has 0 N–H and O–H groups in total. The third kappa shape index (κ3) is 2.40. The van der Waals surface area contributed by atoms with Crippen LogP contribution in [-0.4, -0.2) is 0 Å². The van der Waals surface area contributed by atoms with Crippen molar-refractivity contribution in [3.63, 3.8) is 0 Å². The van der Waals surface area contributed by atoms with Crippen LogP contribution >= 0.6 is 11.6 Å². The lowest BCUT2D eigenvalue weighted by Crippen LogP contribution is -1.81. The van der Waals surface area contributed by atoms with Gasteiger partial charge in [0.2, 0.25) is 0 Å². The fraction of sp³-hybridized carbons (Fsp3) is 0. The Morgan fingerprint density at radius 3 is 1.88 bits per heavy atom. The fourth-order valence-electron chi connectivity index (χ4n) is 3.49. The zero-order valence-corrected chi connectivity index (χ0v) is 14.7. The molecule has 0 amide bonds. The van der Waals surface area contributed by atoms with Crippen molar-refractivity contribution in [2.24, 2.45) is 0 Å². The van der Waals surface area contributed by atoms with Gasteiger partial charge in [0.05, 0.1) is 5.02 Å². The first-order valence-electron chi connectivity index (χ1n) is 8.57. The van der Waals surface area contributed by atoms with Crippen LogP contribution in [0.1, 0.15) is 0 Å². The molecule has 26 heavy (non-hydrogen) atoms. The van der Waals surface area contributed by atoms with Gasteiger partial charge in [-0.1, -0.05) is 96.5 Å². The first kappa shape index (κ1) is 15.2. The van der Waals surface area contributed by atoms with E-state index >= 15 is 0 Å². The standard InChI is InChI=1S/C24H15ClO/c25-22-11-5-10-21-20-9-4-8-19(23(20)26-24(21)22)18-14-12-17(13-15-18)16-6-2-1-3-7-16/h1-15H. The number of furan rings is 1. The molecule has 0 aliphatic heterocycles. The maximum atomic E-state index is 6.32. The van der Waals surface area contributed by atoms with Crippen molar-refractivity contribution in [3.8, 4) is 22.3 Å². The van der Waals surface area contributed by atoms with Gasteiger partial charge in [0.1, 0.15) is 5.58 Å². The van der Waals surface area contributed by atoms with Gasteiger partial charge in [0, 0.05) is 16.3 Å². The largest absolute Gasteiger partial charge is 0.454 e. The summed E-state index contributed by atoms with van der Waals surface area (Å²) < 4.78 is 6.15. The van der Waals surface area contributed by atoms with Crippen LogP contribution in [-0.2, 0) is 0 Å². The van der Waals surface area contributed by atoms with E-state index in [9.17, 15) is 0 Å². The molecule has 0 spiro atoms. The van der Waals surface area contributed by atoms with Gasteiger partial charge in [0.15, 0.2) is 5.58 Å². The highest BCUT2D eigenvalue weighted by atomic mass is 35.5. The Morgan fingerprint density at radius 1 is 0.500 bits per heavy atom. The number of rotatable bonds is 2. The van der Waals surface area contributed by atoms with Gasteiger partial charge >= 0.3 is 0 Å². The van der Waals surface area contributed by atoms with E-state index in [1.54, 1.807) is 0 Å². The van der Waals surface area contributed by atoms with E-state index in [1.807, 2.05) is 18.2 Å². The van der Waals surface area contributed by atoms with Gasteiger partial charge in [0.25, 0.3) is 0 Å². The summed E-state index contributed by atoms with van der Waals surface area (Å²) in [6.45, 7) is 0. The summed E-state index contributed by atoms with van der Waals surface area (Å²) in [4.78, 5) is 0. The van der Waals surface area contributed by atoms with Crippen LogP contribution in [0.4, 0.5) is 0 Å². The Hall–Kier alpha value is -3.03. The number of para-hydroxylation sites is 2. The Morgan fingerprint density at radius 2 is 1.12 bits per heavy atom. The zero-order chi connectivity index (χ0) is 17.5. The molecule has 0 saturated heterocycles. The molecule has 4 aromatic carbocycles. The molecule has 0 fully saturated rings. The second kappa shape index (κ2) is 6.05. The molecule has 1 heterocycles. The minimum atomic E-state index is 0.643. The molecular weight excluding hydrogens is 340 g/mol. The molecule has 0 saturated carbocycles. The molecule has 0 bridgehead atoms. The summed E-state index contributed by atoms with van der Waals surface area (Å²) in [5.74, 6) is 0. The van der Waals surface area contributed by atoms with E-state index in [1.165, 1.54) is 11.1 Å². The summed E-state index contributed by atoms with van der Waals surface area (Å²) in [7, 11) is 0. The van der Waals surface area contributed by atoms with E-state index in [2.05, 4.69) is 72.8 Å². The fourth-order valence-corrected chi connectivity index (χ4v) is 3.70. The lowest BCUT2D eigenvalue weighted by molar-refractivity contribution is 0.670. The smallest absolute Gasteiger partial charge is 0.154 e. The van der Waals surface area contributed by atoms with E-state index in [0.717, 1.165) is 33.1 Å². The highest BCUT2D eigenvalue weighted by molar-refractivity contribution is 6.36. The molecular formula is C24H15ClO. The second-order valence-corrected chi connectivity index (χ2v) is 6.75. The normalized spacial score (nSPS) is 11.3. The topological polar surface area (TPSA) is 13.1 Å². The third-order valence-electron chi connectivity index (χ3n) is 4.78. The number of hydrogen-bond acceptors (Lipinski definition) is 1. The van der Waals surface area contributed by atoms with Crippen molar-refractivity contribution in [3.05, 3.63) is 96.0 Å². The van der Waals surface area contributed by atoms with Crippen molar-refractivity contribution in [2.75, 3.05) is 0 Å². The van der Waals surface area contributed by atoms with Crippen LogP contribution in [0.15, 0.2) is 95.4 Å². The summed E-state index contributed by atoms with van der Waals surface area (Å²) in [6, 6.07) is 31.1. The van der Waals surface area contributed by atoms with Gasteiger partial charge in [-0.25, -0.2) is 0 Å². The van der Waals surface area contributed by atoms with E-state index in [0.29, 0.717) is 5.02 Å². The Labute approximate surface area is 156 Å². The maximum absolute atomic E-state index is 6.32. The van der Waals surface area contributed by atoms with Crippen LogP contribution in [0.2, 0.25) is 5.02 Å². The minimum absolute atomic E-state index is 0.643. The minimum Gasteiger partial charge on any atom is -0.454 e. The Bertz CT molecular complexity index is 1220. The van der Waals surface area contributed by atoms with E-state index in [-0.39, 0.29) is 0 Å². The average Bonchev–Trinajstić information content (AvgIpc) is 3.09. The Balaban J connectivity index is 1.67. The van der Waals surface area contributed by atoms with Gasteiger partial charge in [-0.05, 0) is 22.8 Å². The van der Waals surface area contributed by atoms with Crippen LogP contribution < -0.4 is 0 Å². The highest BCUT2D eigenvalue weighted by Crippen LogP contribution is 2.38. The summed E-state index contributed by atoms with van der Waals surface area (Å²) in [6.07, 6.45) is 0. The van der Waals surface area contributed by atoms with Gasteiger partial charge in [-0.2, -0.15) is 0 Å². The molecule has 1 nitrogen and oxygen atoms in total. The van der Waals surface area contributed by atoms with E-state index < -0.39 is 0 Å². The lowest BCUT2D eigenvalue weighted by Gasteiger charge is -2.05. The van der Waals surface area contributed by atoms with Crippen LogP contribution in [0.3, 0.4) is 0 Å². The predicted octanol–water partition coefficient (Wildman–Crippen LogP) is 7.57. The second-order valence-electron chi connectivity index (χ2n) is 6.34. The highest BCUT2D eigenvalue weighted by Gasteiger charge is 2.13. The third-order valence-corrected chi connectivity index (χ3v) is 5.08. The average molecular weight is 355 g/mol. The van der Waals surface area contributed by atoms with Crippen molar-refractivity contribution < 1.29 is 4.42 Å². The Kier molecular flexibility index (Phi) is 3.55. The van der Waals surface area contributed by atoms with Crippen molar-refractivity contribution >= 4 is 33.5 Å². The molecule has 5 rings (SSSR count). The molecule has 2 heteroatoms. The number of hydrogen-bond donors (Lipinski definition) is 0. The molecule has 0 atom stereocenters. The predicted molar refractivity (Wildman–Crippen MR) is 110 cm³/mol. The molecule has 0 aliphatic carbocycles. The van der Waals surface area contributed by atoms with Crippen molar-refractivity contribution in [1.29, 1.82) is 0 Å². The van der Waals surface area contributed by atoms with Crippen LogP contribution in [0, 0.1) is 0 Å². The van der Waals surface area contributed by atoms with Gasteiger partial charge in [-0.15, -0.1) is 0 Å². The SMILES string of the molecule is Clc1cccc2c1oc1c(-c3ccc(-c4ccccc4)cc3)cccc12. The summed E-state index contributed by atoms with van der Waals surface area (Å²) >= 11 is 6.32. The summed E-state index contributed by atoms with van der Waals surface area (Å²) in [5.41, 5.74) is 6.25. The van der Waals surface area contributed by atoms with Crippen molar-refractivity contribution in [2.45, 2.75) is 0 Å². The van der Waals surface area contributed by atoms with Crippen LogP contribution in [0.25, 0.3) is 44.2 Å². The maximum Gasteiger partial charge on any atom is 0.154 e. The summed E-state index contributed by atoms with van der Waals surface area (Å²) in [5, 5.41) is 2.78. The number of halogens is 1. The first-order valence-corrected chi connectivity index (χ1v) is 8.95. The molecule has 0 unspecified atom stereocenters. The number of benzene rings is 4. The monoisotopic (exact) mass is 354 g/mol. The lowest BCUT2D eigenvalue weighted by atomic mass is 9.99. The number of fused-ring (bicyclic) bond motifs is 3.